The summed E-state index contributed by atoms with van der Waals surface area (Å²) < 4.78 is 0. The number of nitrogens with one attached hydrogen (secondary N) is 1. The molecule has 18 heavy (non-hydrogen) atoms. The third-order valence-electron chi connectivity index (χ3n) is 3.50. The average molecular weight is 263 g/mol. The van der Waals surface area contributed by atoms with E-state index in [1.807, 2.05) is 12.3 Å². The summed E-state index contributed by atoms with van der Waals surface area (Å²) in [6.45, 7) is 5.10. The Morgan fingerprint density at radius 2 is 2.06 bits per heavy atom. The number of halogens is 1. The summed E-state index contributed by atoms with van der Waals surface area (Å²) in [5, 5.41) is 4.71. The predicted octanol–water partition coefficient (Wildman–Crippen LogP) is 3.73. The number of aromatic nitrogens is 1. The zero-order valence-electron chi connectivity index (χ0n) is 10.9. The van der Waals surface area contributed by atoms with Crippen molar-refractivity contribution in [2.45, 2.75) is 32.4 Å². The van der Waals surface area contributed by atoms with E-state index in [2.05, 4.69) is 48.4 Å². The molecule has 0 amide bonds. The third-order valence-corrected chi connectivity index (χ3v) is 4.09. The summed E-state index contributed by atoms with van der Waals surface area (Å²) in [5.41, 5.74) is 2.27. The Bertz CT molecular complexity index is 515. The van der Waals surface area contributed by atoms with Crippen LogP contribution in [-0.4, -0.2) is 16.4 Å². The topological polar surface area (TPSA) is 24.9 Å². The van der Waals surface area contributed by atoms with E-state index in [1.54, 1.807) is 0 Å². The van der Waals surface area contributed by atoms with Crippen molar-refractivity contribution in [1.82, 2.24) is 10.3 Å². The molecule has 0 saturated carbocycles. The van der Waals surface area contributed by atoms with Crippen molar-refractivity contribution in [3.05, 3.63) is 42.1 Å². The highest BCUT2D eigenvalue weighted by Gasteiger charge is 2.19. The molecule has 0 aliphatic heterocycles. The van der Waals surface area contributed by atoms with Crippen LogP contribution in [0.1, 0.15) is 25.8 Å². The van der Waals surface area contributed by atoms with E-state index in [0.717, 1.165) is 18.5 Å². The van der Waals surface area contributed by atoms with Crippen LogP contribution in [0.15, 0.2) is 36.5 Å². The molecule has 1 aromatic carbocycles. The van der Waals surface area contributed by atoms with Crippen LogP contribution < -0.4 is 5.32 Å². The monoisotopic (exact) mass is 262 g/mol. The lowest BCUT2D eigenvalue weighted by Gasteiger charge is -2.27. The maximum atomic E-state index is 6.02. The Hall–Kier alpha value is -1.12. The molecule has 0 spiro atoms. The van der Waals surface area contributed by atoms with Crippen molar-refractivity contribution < 1.29 is 0 Å². The molecule has 2 aromatic rings. The van der Waals surface area contributed by atoms with Gasteiger partial charge in [0.2, 0.25) is 0 Å². The van der Waals surface area contributed by atoms with Gasteiger partial charge in [0.15, 0.2) is 0 Å². The van der Waals surface area contributed by atoms with Gasteiger partial charge in [0.25, 0.3) is 0 Å². The third kappa shape index (κ3) is 2.82. The first-order valence-electron chi connectivity index (χ1n) is 6.32. The Morgan fingerprint density at radius 3 is 2.78 bits per heavy atom. The first-order valence-corrected chi connectivity index (χ1v) is 6.85. The van der Waals surface area contributed by atoms with Gasteiger partial charge in [0, 0.05) is 29.5 Å². The molecule has 0 bridgehead atoms. The molecule has 1 atom stereocenters. The zero-order valence-corrected chi connectivity index (χ0v) is 11.7. The maximum absolute atomic E-state index is 6.02. The van der Waals surface area contributed by atoms with Crippen LogP contribution >= 0.6 is 11.6 Å². The molecule has 1 N–H and O–H groups in total. The van der Waals surface area contributed by atoms with Crippen molar-refractivity contribution in [3.8, 4) is 0 Å². The standard InChI is InChI=1S/C15H19ClN2/c1-3-15(2,11-16)18-10-13-7-4-6-12-8-5-9-17-14(12)13/h4-9,18H,3,10-11H2,1-2H3. The first-order chi connectivity index (χ1) is 8.68. The van der Waals surface area contributed by atoms with E-state index >= 15 is 0 Å². The van der Waals surface area contributed by atoms with Gasteiger partial charge in [-0.15, -0.1) is 11.6 Å². The number of rotatable bonds is 5. The molecule has 0 aliphatic rings. The quantitative estimate of drug-likeness (QED) is 0.831. The van der Waals surface area contributed by atoms with Gasteiger partial charge >= 0.3 is 0 Å². The molecule has 0 aliphatic carbocycles. The van der Waals surface area contributed by atoms with E-state index in [0.29, 0.717) is 5.88 Å². The summed E-state index contributed by atoms with van der Waals surface area (Å²) >= 11 is 6.02. The summed E-state index contributed by atoms with van der Waals surface area (Å²) in [6, 6.07) is 10.3. The van der Waals surface area contributed by atoms with Crippen molar-refractivity contribution in [2.24, 2.45) is 0 Å². The molecule has 0 radical (unpaired) electrons. The zero-order chi connectivity index (χ0) is 13.0. The summed E-state index contributed by atoms with van der Waals surface area (Å²) in [6.07, 6.45) is 2.85. The van der Waals surface area contributed by atoms with E-state index < -0.39 is 0 Å². The number of hydrogen-bond donors (Lipinski definition) is 1. The van der Waals surface area contributed by atoms with Gasteiger partial charge in [0.05, 0.1) is 5.52 Å². The van der Waals surface area contributed by atoms with Crippen molar-refractivity contribution >= 4 is 22.5 Å². The fraction of sp³-hybridized carbons (Fsp3) is 0.400. The van der Waals surface area contributed by atoms with Gasteiger partial charge in [-0.25, -0.2) is 0 Å². The smallest absolute Gasteiger partial charge is 0.0746 e. The predicted molar refractivity (Wildman–Crippen MR) is 78.0 cm³/mol. The summed E-state index contributed by atoms with van der Waals surface area (Å²) in [5.74, 6) is 0.613. The van der Waals surface area contributed by atoms with Crippen LogP contribution in [0, 0.1) is 0 Å². The Kier molecular flexibility index (Phi) is 4.20. The minimum absolute atomic E-state index is 0.0154. The molecular formula is C15H19ClN2. The van der Waals surface area contributed by atoms with Crippen LogP contribution in [0.25, 0.3) is 10.9 Å². The van der Waals surface area contributed by atoms with Crippen LogP contribution in [0.2, 0.25) is 0 Å². The second-order valence-corrected chi connectivity index (χ2v) is 5.16. The van der Waals surface area contributed by atoms with Crippen molar-refractivity contribution in [2.75, 3.05) is 5.88 Å². The Balaban J connectivity index is 2.22. The number of fused-ring (bicyclic) bond motifs is 1. The molecule has 3 heteroatoms. The lowest BCUT2D eigenvalue weighted by Crippen LogP contribution is -2.43. The van der Waals surface area contributed by atoms with Crippen LogP contribution in [0.4, 0.5) is 0 Å². The molecule has 1 aromatic heterocycles. The lowest BCUT2D eigenvalue weighted by atomic mass is 10.0. The highest BCUT2D eigenvalue weighted by Crippen LogP contribution is 2.18. The Morgan fingerprint density at radius 1 is 1.28 bits per heavy atom. The summed E-state index contributed by atoms with van der Waals surface area (Å²) in [4.78, 5) is 4.46. The second-order valence-electron chi connectivity index (χ2n) is 4.89. The molecule has 0 saturated heterocycles. The number of pyridine rings is 1. The van der Waals surface area contributed by atoms with E-state index in [1.165, 1.54) is 10.9 Å². The van der Waals surface area contributed by atoms with Gasteiger partial charge in [-0.1, -0.05) is 31.2 Å². The molecule has 2 nitrogen and oxygen atoms in total. The van der Waals surface area contributed by atoms with E-state index in [-0.39, 0.29) is 5.54 Å². The average Bonchev–Trinajstić information content (AvgIpc) is 2.44. The molecule has 96 valence electrons. The number of benzene rings is 1. The minimum Gasteiger partial charge on any atom is -0.306 e. The molecule has 1 heterocycles. The fourth-order valence-electron chi connectivity index (χ4n) is 1.89. The van der Waals surface area contributed by atoms with Gasteiger partial charge in [-0.05, 0) is 25.0 Å². The van der Waals surface area contributed by atoms with Gasteiger partial charge in [0.1, 0.15) is 0 Å². The normalized spacial score (nSPS) is 14.6. The highest BCUT2D eigenvalue weighted by atomic mass is 35.5. The second kappa shape index (κ2) is 5.68. The number of nitrogens with zero attached hydrogens (tertiary/aromatic N) is 1. The van der Waals surface area contributed by atoms with Gasteiger partial charge < -0.3 is 5.32 Å². The van der Waals surface area contributed by atoms with Gasteiger partial charge in [-0.3, -0.25) is 4.98 Å². The highest BCUT2D eigenvalue weighted by molar-refractivity contribution is 6.18. The molecule has 1 unspecified atom stereocenters. The molecular weight excluding hydrogens is 244 g/mol. The minimum atomic E-state index is -0.0154. The van der Waals surface area contributed by atoms with Crippen LogP contribution in [0.5, 0.6) is 0 Å². The largest absolute Gasteiger partial charge is 0.306 e. The molecule has 2 rings (SSSR count). The Labute approximate surface area is 113 Å². The van der Waals surface area contributed by atoms with Gasteiger partial charge in [-0.2, -0.15) is 0 Å². The lowest BCUT2D eigenvalue weighted by molar-refractivity contribution is 0.380. The number of para-hydroxylation sites is 1. The van der Waals surface area contributed by atoms with Crippen molar-refractivity contribution in [3.63, 3.8) is 0 Å². The first kappa shape index (κ1) is 13.3. The fourth-order valence-corrected chi connectivity index (χ4v) is 2.17. The number of hydrogen-bond acceptors (Lipinski definition) is 2. The van der Waals surface area contributed by atoms with E-state index in [4.69, 9.17) is 11.6 Å². The van der Waals surface area contributed by atoms with Crippen LogP contribution in [0.3, 0.4) is 0 Å². The van der Waals surface area contributed by atoms with Crippen molar-refractivity contribution in [1.29, 1.82) is 0 Å². The maximum Gasteiger partial charge on any atom is 0.0746 e. The van der Waals surface area contributed by atoms with Crippen LogP contribution in [-0.2, 0) is 6.54 Å². The SMILES string of the molecule is CCC(C)(CCl)NCc1cccc2cccnc12. The molecule has 0 fully saturated rings. The van der Waals surface area contributed by atoms with E-state index in [9.17, 15) is 0 Å². The number of alkyl halides is 1. The summed E-state index contributed by atoms with van der Waals surface area (Å²) in [7, 11) is 0.